The number of para-hydroxylation sites is 1. The summed E-state index contributed by atoms with van der Waals surface area (Å²) in [6, 6.07) is 11.3. The number of unbranched alkanes of at least 4 members (excludes halogenated alkanes) is 8. The Bertz CT molecular complexity index is 2210. The molecule has 15 heteroatoms. The summed E-state index contributed by atoms with van der Waals surface area (Å²) in [6.07, 6.45) is 17.6. The van der Waals surface area contributed by atoms with Crippen LogP contribution in [0, 0.1) is 13.8 Å². The fourth-order valence-corrected chi connectivity index (χ4v) is 9.84. The number of pyridine rings is 1. The quantitative estimate of drug-likeness (QED) is 0.0623. The molecule has 1 unspecified atom stereocenters. The molecule has 1 saturated heterocycles. The number of aliphatic hydroxyl groups is 1. The molecule has 5 heterocycles. The highest BCUT2D eigenvalue weighted by Crippen LogP contribution is 2.41. The molecule has 336 valence electrons. The van der Waals surface area contributed by atoms with Crippen molar-refractivity contribution < 1.29 is 19.5 Å². The zero-order valence-corrected chi connectivity index (χ0v) is 38.2. The number of nitrogens with zero attached hydrogens (tertiary/aromatic N) is 7. The Hall–Kier alpha value is -5.25. The van der Waals surface area contributed by atoms with Gasteiger partial charge in [0.1, 0.15) is 11.6 Å². The maximum absolute atomic E-state index is 12.9. The molecule has 1 saturated carbocycles. The number of fused-ring (bicyclic) bond motifs is 1. The van der Waals surface area contributed by atoms with Crippen LogP contribution >= 0.6 is 11.3 Å². The van der Waals surface area contributed by atoms with E-state index in [-0.39, 0.29) is 23.6 Å². The molecule has 2 aliphatic heterocycles. The van der Waals surface area contributed by atoms with E-state index < -0.39 is 6.23 Å². The van der Waals surface area contributed by atoms with Gasteiger partial charge in [-0.1, -0.05) is 69.9 Å². The molecule has 2 amide bonds. The van der Waals surface area contributed by atoms with E-state index in [0.717, 1.165) is 105 Å². The average Bonchev–Trinajstić information content (AvgIpc) is 3.92. The summed E-state index contributed by atoms with van der Waals surface area (Å²) in [6.45, 7) is 12.4. The lowest BCUT2D eigenvalue weighted by Gasteiger charge is -2.40. The van der Waals surface area contributed by atoms with Crippen LogP contribution in [-0.2, 0) is 9.59 Å². The number of rotatable bonds is 20. The number of aromatic nitrogens is 4. The Balaban J connectivity index is 0.741. The first-order valence-corrected chi connectivity index (χ1v) is 23.8. The molecule has 3 aromatic heterocycles. The number of anilines is 6. The summed E-state index contributed by atoms with van der Waals surface area (Å²) in [4.78, 5) is 64.6. The second kappa shape index (κ2) is 21.9. The van der Waals surface area contributed by atoms with Gasteiger partial charge in [-0.3, -0.25) is 24.6 Å². The van der Waals surface area contributed by atoms with Crippen LogP contribution in [-0.4, -0.2) is 92.5 Å². The monoisotopic (exact) mass is 876 g/mol. The molecule has 0 spiro atoms. The van der Waals surface area contributed by atoms with Crippen molar-refractivity contribution in [2.24, 2.45) is 0 Å². The lowest BCUT2D eigenvalue weighted by molar-refractivity contribution is -0.116. The molecule has 4 aromatic rings. The Morgan fingerprint density at radius 3 is 2.17 bits per heavy atom. The number of hydrogen-bond acceptors (Lipinski definition) is 13. The van der Waals surface area contributed by atoms with Gasteiger partial charge in [-0.05, 0) is 89.8 Å². The van der Waals surface area contributed by atoms with Gasteiger partial charge < -0.3 is 25.5 Å². The molecule has 0 bridgehead atoms. The number of ketones is 1. The fourth-order valence-electron chi connectivity index (χ4n) is 9.03. The number of amides is 2. The maximum Gasteiger partial charge on any atom is 0.259 e. The highest BCUT2D eigenvalue weighted by Gasteiger charge is 2.39. The van der Waals surface area contributed by atoms with E-state index in [2.05, 4.69) is 41.8 Å². The van der Waals surface area contributed by atoms with Crippen LogP contribution in [0.1, 0.15) is 130 Å². The molecule has 1 aromatic carbocycles. The van der Waals surface area contributed by atoms with Crippen LogP contribution in [0.25, 0.3) is 5.57 Å². The van der Waals surface area contributed by atoms with Crippen molar-refractivity contribution in [3.8, 4) is 0 Å². The largest absolute Gasteiger partial charge is 0.369 e. The number of benzene rings is 1. The topological polar surface area (TPSA) is 169 Å². The third-order valence-corrected chi connectivity index (χ3v) is 13.7. The van der Waals surface area contributed by atoms with Crippen LogP contribution < -0.4 is 25.8 Å². The number of Topliss-reactive ketones (excluding diaryl/α,β-unsaturated/α-hetero) is 1. The van der Waals surface area contributed by atoms with Crippen molar-refractivity contribution in [3.05, 3.63) is 76.1 Å². The lowest BCUT2D eigenvalue weighted by atomic mass is 9.93. The number of nitrogens with one attached hydrogen (secondary N) is 3. The van der Waals surface area contributed by atoms with Gasteiger partial charge >= 0.3 is 0 Å². The summed E-state index contributed by atoms with van der Waals surface area (Å²) in [5, 5.41) is 21.0. The average molecular weight is 877 g/mol. The van der Waals surface area contributed by atoms with Crippen LogP contribution in [0.2, 0.25) is 0 Å². The Labute approximate surface area is 376 Å². The van der Waals surface area contributed by atoms with Gasteiger partial charge in [-0.15, -0.1) is 11.3 Å². The summed E-state index contributed by atoms with van der Waals surface area (Å²) >= 11 is 1.44. The van der Waals surface area contributed by atoms with E-state index in [1.165, 1.54) is 56.8 Å². The SMILES string of the molecule is CC(=O)C1=C(C)c2cnc(Nc3ccc(N4CCN(CCCCCCCCCCCC(=O)Nc5ccccc5C(=O)Nc5nc(C)c(C)s5)CC4)cn3)nc2N(C2CCCC2)C1O. The van der Waals surface area contributed by atoms with Crippen molar-refractivity contribution in [3.63, 3.8) is 0 Å². The van der Waals surface area contributed by atoms with E-state index in [4.69, 9.17) is 9.97 Å². The first-order valence-electron chi connectivity index (χ1n) is 23.0. The Kier molecular flexibility index (Phi) is 15.9. The number of hydrogen-bond donors (Lipinski definition) is 4. The van der Waals surface area contributed by atoms with Crippen LogP contribution in [0.5, 0.6) is 0 Å². The lowest BCUT2D eigenvalue weighted by Crippen LogP contribution is -2.47. The van der Waals surface area contributed by atoms with Gasteiger partial charge in [-0.25, -0.2) is 15.0 Å². The van der Waals surface area contributed by atoms with E-state index in [1.807, 2.05) is 44.0 Å². The number of piperazine rings is 1. The smallest absolute Gasteiger partial charge is 0.259 e. The van der Waals surface area contributed by atoms with E-state index in [1.54, 1.807) is 24.4 Å². The first kappa shape index (κ1) is 45.8. The number of carbonyl (C=O) groups is 3. The summed E-state index contributed by atoms with van der Waals surface area (Å²) in [7, 11) is 0. The molecular formula is C48H64N10O4S. The molecule has 7 rings (SSSR count). The molecule has 2 fully saturated rings. The number of aryl methyl sites for hydroxylation is 2. The fraction of sp³-hybridized carbons (Fsp3) is 0.521. The Morgan fingerprint density at radius 2 is 1.51 bits per heavy atom. The van der Waals surface area contributed by atoms with Crippen molar-refractivity contribution in [1.82, 2.24) is 24.8 Å². The summed E-state index contributed by atoms with van der Waals surface area (Å²) in [5.74, 6) is 1.25. The minimum absolute atomic E-state index is 0.0651. The molecule has 3 aliphatic rings. The molecule has 63 heavy (non-hydrogen) atoms. The van der Waals surface area contributed by atoms with E-state index in [9.17, 15) is 19.5 Å². The summed E-state index contributed by atoms with van der Waals surface area (Å²) in [5.41, 5.74) is 4.89. The minimum Gasteiger partial charge on any atom is -0.369 e. The molecule has 0 radical (unpaired) electrons. The van der Waals surface area contributed by atoms with Crippen molar-refractivity contribution >= 4 is 68.6 Å². The van der Waals surface area contributed by atoms with Gasteiger partial charge in [0.2, 0.25) is 11.9 Å². The van der Waals surface area contributed by atoms with E-state index in [0.29, 0.717) is 46.0 Å². The zero-order chi connectivity index (χ0) is 44.3. The van der Waals surface area contributed by atoms with Crippen LogP contribution in [0.15, 0.2) is 54.4 Å². The third-order valence-electron chi connectivity index (χ3n) is 12.7. The second-order valence-electron chi connectivity index (χ2n) is 17.2. The van der Waals surface area contributed by atoms with Crippen molar-refractivity contribution in [2.75, 3.05) is 58.5 Å². The number of carbonyl (C=O) groups excluding carboxylic acids is 3. The van der Waals surface area contributed by atoms with Gasteiger partial charge in [-0.2, -0.15) is 4.98 Å². The van der Waals surface area contributed by atoms with E-state index >= 15 is 0 Å². The van der Waals surface area contributed by atoms with Gasteiger partial charge in [0, 0.05) is 60.9 Å². The van der Waals surface area contributed by atoms with Crippen molar-refractivity contribution in [1.29, 1.82) is 0 Å². The Morgan fingerprint density at radius 1 is 0.810 bits per heavy atom. The van der Waals surface area contributed by atoms with Gasteiger partial charge in [0.15, 0.2) is 17.1 Å². The standard InChI is InChI=1S/C48H64N10O4S/c1-32-39-31-50-47(54-44(39)58(36-18-13-14-19-36)46(62)43(32)34(3)59)53-41-24-23-37(30-49-41)57-28-26-56(27-29-57)25-17-11-9-7-5-6-8-10-12-22-42(60)52-40-21-16-15-20-38(40)45(61)55-48-51-33(2)35(4)63-48/h15-16,20-21,23-24,30-31,36,46,62H,5-14,17-19,22,25-29H2,1-4H3,(H,52,60)(H,51,55,61)(H,49,50,53,54). The summed E-state index contributed by atoms with van der Waals surface area (Å²) < 4.78 is 0. The second-order valence-corrected chi connectivity index (χ2v) is 18.4. The predicted molar refractivity (Wildman–Crippen MR) is 253 cm³/mol. The first-order chi connectivity index (χ1) is 30.5. The van der Waals surface area contributed by atoms with Crippen LogP contribution in [0.4, 0.5) is 34.1 Å². The molecule has 1 atom stereocenters. The maximum atomic E-state index is 12.9. The number of thiazole rings is 1. The van der Waals surface area contributed by atoms with Gasteiger partial charge in [0.25, 0.3) is 5.91 Å². The highest BCUT2D eigenvalue weighted by atomic mass is 32.1. The predicted octanol–water partition coefficient (Wildman–Crippen LogP) is 9.05. The molecule has 14 nitrogen and oxygen atoms in total. The van der Waals surface area contributed by atoms with Gasteiger partial charge in [0.05, 0.1) is 28.8 Å². The van der Waals surface area contributed by atoms with Crippen molar-refractivity contribution in [2.45, 2.75) is 130 Å². The van der Waals surface area contributed by atoms with Crippen LogP contribution in [0.3, 0.4) is 0 Å². The minimum atomic E-state index is -1.02. The molecule has 1 aliphatic carbocycles. The zero-order valence-electron chi connectivity index (χ0n) is 37.4. The highest BCUT2D eigenvalue weighted by molar-refractivity contribution is 7.15. The number of allylic oxidation sites excluding steroid dienone is 1. The third kappa shape index (κ3) is 11.9. The number of aliphatic hydroxyl groups excluding tert-OH is 1. The molecular weight excluding hydrogens is 813 g/mol. The normalized spacial score (nSPS) is 16.9. The molecule has 4 N–H and O–H groups in total.